The van der Waals surface area contributed by atoms with E-state index in [-0.39, 0.29) is 5.97 Å². The zero-order valence-corrected chi connectivity index (χ0v) is 24.4. The van der Waals surface area contributed by atoms with Crippen LogP contribution in [0.3, 0.4) is 0 Å². The van der Waals surface area contributed by atoms with Crippen molar-refractivity contribution in [2.24, 2.45) is 0 Å². The van der Waals surface area contributed by atoms with Crippen molar-refractivity contribution in [3.63, 3.8) is 0 Å². The Bertz CT molecular complexity index is 446. The molecule has 0 aromatic carbocycles. The maximum absolute atomic E-state index is 11.8. The van der Waals surface area contributed by atoms with Crippen molar-refractivity contribution in [2.45, 2.75) is 180 Å². The van der Waals surface area contributed by atoms with E-state index in [1.165, 1.54) is 141 Å². The number of rotatable bonds is 30. The maximum atomic E-state index is 11.8. The number of aliphatic hydroxyl groups excluding tert-OH is 1. The topological polar surface area (TPSA) is 46.5 Å². The Morgan fingerprint density at radius 3 is 1.39 bits per heavy atom. The second-order valence-electron chi connectivity index (χ2n) is 10.9. The Kier molecular flexibility index (Phi) is 31.5. The van der Waals surface area contributed by atoms with E-state index in [1.807, 2.05) is 0 Å². The first kappa shape index (κ1) is 35.2. The van der Waals surface area contributed by atoms with Crippen LogP contribution < -0.4 is 0 Å². The van der Waals surface area contributed by atoms with Crippen molar-refractivity contribution in [3.8, 4) is 0 Å². The number of esters is 1. The molecule has 0 aromatic heterocycles. The summed E-state index contributed by atoms with van der Waals surface area (Å²) in [6, 6.07) is 0. The molecule has 0 aliphatic rings. The van der Waals surface area contributed by atoms with Crippen molar-refractivity contribution in [2.75, 3.05) is 13.2 Å². The average Bonchev–Trinajstić information content (AvgIpc) is 2.88. The fourth-order valence-corrected chi connectivity index (χ4v) is 4.74. The summed E-state index contributed by atoms with van der Waals surface area (Å²) in [5.74, 6) is 0.00639. The molecule has 0 aliphatic heterocycles. The predicted molar refractivity (Wildman–Crippen MR) is 158 cm³/mol. The van der Waals surface area contributed by atoms with Gasteiger partial charge in [0.1, 0.15) is 0 Å². The van der Waals surface area contributed by atoms with Gasteiger partial charge in [-0.15, -0.1) is 0 Å². The number of unbranched alkanes of at least 4 members (excludes halogenated alkanes) is 23. The highest BCUT2D eigenvalue weighted by Crippen LogP contribution is 2.14. The van der Waals surface area contributed by atoms with E-state index in [0.717, 1.165) is 25.7 Å². The second kappa shape index (κ2) is 32.2. The Hall–Kier alpha value is -0.830. The molecular weight excluding hydrogens is 444 g/mol. The molecule has 0 bridgehead atoms. The van der Waals surface area contributed by atoms with Crippen LogP contribution in [0.1, 0.15) is 180 Å². The third-order valence-electron chi connectivity index (χ3n) is 7.21. The van der Waals surface area contributed by atoms with Crippen molar-refractivity contribution >= 4 is 5.97 Å². The quantitative estimate of drug-likeness (QED) is 0.0596. The first-order chi connectivity index (χ1) is 17.8. The molecule has 36 heavy (non-hydrogen) atoms. The lowest BCUT2D eigenvalue weighted by Gasteiger charge is -2.05. The van der Waals surface area contributed by atoms with Gasteiger partial charge in [-0.1, -0.05) is 147 Å². The third kappa shape index (κ3) is 31.2. The minimum atomic E-state index is 0.00639. The third-order valence-corrected chi connectivity index (χ3v) is 7.21. The van der Waals surface area contributed by atoms with Crippen LogP contribution in [0, 0.1) is 0 Å². The second-order valence-corrected chi connectivity index (χ2v) is 10.9. The van der Waals surface area contributed by atoms with Crippen LogP contribution in [0.15, 0.2) is 12.2 Å². The highest BCUT2D eigenvalue weighted by Gasteiger charge is 2.02. The van der Waals surface area contributed by atoms with E-state index in [2.05, 4.69) is 19.1 Å². The Labute approximate surface area is 226 Å². The largest absolute Gasteiger partial charge is 0.466 e. The monoisotopic (exact) mass is 508 g/mol. The highest BCUT2D eigenvalue weighted by molar-refractivity contribution is 5.69. The first-order valence-corrected chi connectivity index (χ1v) is 16.2. The molecule has 0 aromatic rings. The van der Waals surface area contributed by atoms with E-state index in [1.54, 1.807) is 0 Å². The summed E-state index contributed by atoms with van der Waals surface area (Å²) in [6.45, 7) is 3.21. The molecule has 0 radical (unpaired) electrons. The standard InChI is InChI=1S/C33H64O3/c1-2-3-4-5-6-7-15-18-21-24-27-30-33(35)36-32-29-26-23-20-17-14-12-10-8-9-11-13-16-19-22-25-28-31-34/h5-6,34H,2-4,7-32H2,1H3/b6-5-. The molecule has 0 spiro atoms. The summed E-state index contributed by atoms with van der Waals surface area (Å²) in [4.78, 5) is 11.8. The fourth-order valence-electron chi connectivity index (χ4n) is 4.74. The summed E-state index contributed by atoms with van der Waals surface area (Å²) in [5, 5.41) is 8.77. The summed E-state index contributed by atoms with van der Waals surface area (Å²) in [7, 11) is 0. The lowest BCUT2D eigenvalue weighted by molar-refractivity contribution is -0.143. The van der Waals surface area contributed by atoms with Crippen LogP contribution in [-0.4, -0.2) is 24.3 Å². The molecule has 214 valence electrons. The minimum Gasteiger partial charge on any atom is -0.466 e. The minimum absolute atomic E-state index is 0.00639. The number of carbonyl (C=O) groups is 1. The molecule has 3 heteroatoms. The molecule has 0 saturated heterocycles. The van der Waals surface area contributed by atoms with Gasteiger partial charge < -0.3 is 9.84 Å². The lowest BCUT2D eigenvalue weighted by atomic mass is 10.0. The molecular formula is C33H64O3. The zero-order valence-electron chi connectivity index (χ0n) is 24.4. The molecule has 0 heterocycles. The Morgan fingerprint density at radius 2 is 0.917 bits per heavy atom. The molecule has 0 atom stereocenters. The molecule has 0 fully saturated rings. The van der Waals surface area contributed by atoms with Gasteiger partial charge in [0.25, 0.3) is 0 Å². The van der Waals surface area contributed by atoms with Crippen molar-refractivity contribution in [1.29, 1.82) is 0 Å². The van der Waals surface area contributed by atoms with Gasteiger partial charge in [0, 0.05) is 13.0 Å². The van der Waals surface area contributed by atoms with Gasteiger partial charge in [0.05, 0.1) is 6.61 Å². The van der Waals surface area contributed by atoms with E-state index < -0.39 is 0 Å². The number of ether oxygens (including phenoxy) is 1. The van der Waals surface area contributed by atoms with Crippen LogP contribution >= 0.6 is 0 Å². The van der Waals surface area contributed by atoms with Crippen molar-refractivity contribution in [3.05, 3.63) is 12.2 Å². The fraction of sp³-hybridized carbons (Fsp3) is 0.909. The molecule has 1 N–H and O–H groups in total. The normalized spacial score (nSPS) is 11.5. The SMILES string of the molecule is CCCC/C=C\CCCCCCCC(=O)OCCCCCCCCCCCCCCCCCCCO. The summed E-state index contributed by atoms with van der Waals surface area (Å²) in [5.41, 5.74) is 0. The van der Waals surface area contributed by atoms with E-state index in [9.17, 15) is 4.79 Å². The summed E-state index contributed by atoms with van der Waals surface area (Å²) >= 11 is 0. The first-order valence-electron chi connectivity index (χ1n) is 16.2. The smallest absolute Gasteiger partial charge is 0.305 e. The molecule has 0 unspecified atom stereocenters. The lowest BCUT2D eigenvalue weighted by Crippen LogP contribution is -2.05. The maximum Gasteiger partial charge on any atom is 0.305 e. The number of hydrogen-bond donors (Lipinski definition) is 1. The van der Waals surface area contributed by atoms with Crippen molar-refractivity contribution < 1.29 is 14.6 Å². The van der Waals surface area contributed by atoms with Gasteiger partial charge in [-0.25, -0.2) is 0 Å². The predicted octanol–water partition coefficient (Wildman–Crippen LogP) is 10.6. The average molecular weight is 509 g/mol. The van der Waals surface area contributed by atoms with E-state index in [0.29, 0.717) is 19.6 Å². The van der Waals surface area contributed by atoms with Crippen LogP contribution in [0.25, 0.3) is 0 Å². The van der Waals surface area contributed by atoms with Crippen LogP contribution in [0.2, 0.25) is 0 Å². The number of carbonyl (C=O) groups excluding carboxylic acids is 1. The van der Waals surface area contributed by atoms with Crippen LogP contribution in [-0.2, 0) is 9.53 Å². The molecule has 0 aliphatic carbocycles. The molecule has 0 rings (SSSR count). The van der Waals surface area contributed by atoms with Crippen LogP contribution in [0.5, 0.6) is 0 Å². The van der Waals surface area contributed by atoms with Gasteiger partial charge >= 0.3 is 5.97 Å². The van der Waals surface area contributed by atoms with Gasteiger partial charge in [-0.3, -0.25) is 4.79 Å². The van der Waals surface area contributed by atoms with Gasteiger partial charge in [0.2, 0.25) is 0 Å². The Morgan fingerprint density at radius 1 is 0.528 bits per heavy atom. The van der Waals surface area contributed by atoms with Gasteiger partial charge in [0.15, 0.2) is 0 Å². The number of aliphatic hydroxyl groups is 1. The van der Waals surface area contributed by atoms with Gasteiger partial charge in [-0.05, 0) is 38.5 Å². The van der Waals surface area contributed by atoms with Gasteiger partial charge in [-0.2, -0.15) is 0 Å². The number of hydrogen-bond acceptors (Lipinski definition) is 3. The Balaban J connectivity index is 3.15. The molecule has 0 amide bonds. The molecule has 0 saturated carbocycles. The summed E-state index contributed by atoms with van der Waals surface area (Å²) in [6.07, 6.45) is 38.4. The van der Waals surface area contributed by atoms with E-state index >= 15 is 0 Å². The zero-order chi connectivity index (χ0) is 26.2. The molecule has 3 nitrogen and oxygen atoms in total. The highest BCUT2D eigenvalue weighted by atomic mass is 16.5. The van der Waals surface area contributed by atoms with Crippen molar-refractivity contribution in [1.82, 2.24) is 0 Å². The number of allylic oxidation sites excluding steroid dienone is 2. The summed E-state index contributed by atoms with van der Waals surface area (Å²) < 4.78 is 5.41. The van der Waals surface area contributed by atoms with Crippen LogP contribution in [0.4, 0.5) is 0 Å². The van der Waals surface area contributed by atoms with E-state index in [4.69, 9.17) is 9.84 Å².